The molecule has 0 radical (unpaired) electrons. The van der Waals surface area contributed by atoms with E-state index < -0.39 is 5.92 Å². The second-order valence-corrected chi connectivity index (χ2v) is 4.33. The monoisotopic (exact) mass is 236 g/mol. The van der Waals surface area contributed by atoms with Crippen molar-refractivity contribution in [3.63, 3.8) is 0 Å². The molecule has 0 saturated carbocycles. The van der Waals surface area contributed by atoms with Crippen LogP contribution in [0.1, 0.15) is 12.5 Å². The standard InChI is InChI=1S/C12H16N2OS/c1-8-4-6-10(7-5-8)14(3)12(15)9(2)11(13)16/h4-7,9H,1-3H3,(H2,13,16). The smallest absolute Gasteiger partial charge is 0.236 e. The summed E-state index contributed by atoms with van der Waals surface area (Å²) in [5.74, 6) is -0.516. The van der Waals surface area contributed by atoms with Crippen LogP contribution in [0, 0.1) is 12.8 Å². The van der Waals surface area contributed by atoms with Gasteiger partial charge >= 0.3 is 0 Å². The number of rotatable bonds is 3. The van der Waals surface area contributed by atoms with Crippen molar-refractivity contribution in [2.75, 3.05) is 11.9 Å². The molecule has 0 saturated heterocycles. The number of anilines is 1. The van der Waals surface area contributed by atoms with Crippen LogP contribution < -0.4 is 10.6 Å². The molecule has 3 nitrogen and oxygen atoms in total. The first-order chi connectivity index (χ1) is 7.43. The highest BCUT2D eigenvalue weighted by atomic mass is 32.1. The molecule has 0 aliphatic heterocycles. The number of nitrogens with two attached hydrogens (primary N) is 1. The summed E-state index contributed by atoms with van der Waals surface area (Å²) in [7, 11) is 1.72. The first-order valence-corrected chi connectivity index (χ1v) is 5.48. The van der Waals surface area contributed by atoms with Gasteiger partial charge in [0.25, 0.3) is 0 Å². The van der Waals surface area contributed by atoms with E-state index in [2.05, 4.69) is 0 Å². The van der Waals surface area contributed by atoms with Crippen LogP contribution in [0.25, 0.3) is 0 Å². The average molecular weight is 236 g/mol. The minimum absolute atomic E-state index is 0.0867. The van der Waals surface area contributed by atoms with E-state index in [0.29, 0.717) is 0 Å². The predicted molar refractivity (Wildman–Crippen MR) is 70.5 cm³/mol. The van der Waals surface area contributed by atoms with Gasteiger partial charge in [-0.15, -0.1) is 0 Å². The first-order valence-electron chi connectivity index (χ1n) is 5.07. The Morgan fingerprint density at radius 2 is 1.88 bits per heavy atom. The molecular weight excluding hydrogens is 220 g/mol. The van der Waals surface area contributed by atoms with Crippen molar-refractivity contribution in [1.29, 1.82) is 0 Å². The van der Waals surface area contributed by atoms with Gasteiger partial charge in [0.15, 0.2) is 0 Å². The van der Waals surface area contributed by atoms with Gasteiger partial charge in [-0.3, -0.25) is 4.79 Å². The Morgan fingerprint density at radius 1 is 1.38 bits per heavy atom. The molecule has 1 unspecified atom stereocenters. The Morgan fingerprint density at radius 3 is 2.31 bits per heavy atom. The third kappa shape index (κ3) is 2.79. The Labute approximate surface area is 101 Å². The van der Waals surface area contributed by atoms with Gasteiger partial charge in [-0.1, -0.05) is 29.9 Å². The highest BCUT2D eigenvalue weighted by molar-refractivity contribution is 7.80. The summed E-state index contributed by atoms with van der Waals surface area (Å²) in [5, 5.41) is 0. The van der Waals surface area contributed by atoms with Crippen LogP contribution in [0.5, 0.6) is 0 Å². The predicted octanol–water partition coefficient (Wildman–Crippen LogP) is 1.88. The molecule has 0 aliphatic rings. The molecule has 0 aromatic heterocycles. The van der Waals surface area contributed by atoms with Gasteiger partial charge in [-0.25, -0.2) is 0 Å². The molecule has 0 fully saturated rings. The zero-order chi connectivity index (χ0) is 12.3. The molecule has 0 aliphatic carbocycles. The molecule has 0 heterocycles. The van der Waals surface area contributed by atoms with Gasteiger partial charge in [-0.2, -0.15) is 0 Å². The maximum Gasteiger partial charge on any atom is 0.236 e. The molecule has 1 atom stereocenters. The van der Waals surface area contributed by atoms with Crippen molar-refractivity contribution in [1.82, 2.24) is 0 Å². The Bertz CT molecular complexity index is 400. The van der Waals surface area contributed by atoms with Crippen molar-refractivity contribution >= 4 is 28.8 Å². The van der Waals surface area contributed by atoms with Crippen LogP contribution in [-0.4, -0.2) is 17.9 Å². The van der Waals surface area contributed by atoms with Crippen LogP contribution in [0.15, 0.2) is 24.3 Å². The third-order valence-electron chi connectivity index (χ3n) is 2.55. The van der Waals surface area contributed by atoms with E-state index >= 15 is 0 Å². The zero-order valence-electron chi connectivity index (χ0n) is 9.73. The van der Waals surface area contributed by atoms with E-state index in [1.165, 1.54) is 0 Å². The van der Waals surface area contributed by atoms with Crippen LogP contribution in [0.3, 0.4) is 0 Å². The number of hydrogen-bond acceptors (Lipinski definition) is 2. The highest BCUT2D eigenvalue weighted by Gasteiger charge is 2.20. The number of carbonyl (C=O) groups is 1. The molecule has 0 spiro atoms. The topological polar surface area (TPSA) is 46.3 Å². The van der Waals surface area contributed by atoms with Crippen molar-refractivity contribution in [2.45, 2.75) is 13.8 Å². The van der Waals surface area contributed by atoms with Gasteiger partial charge < -0.3 is 10.6 Å². The zero-order valence-corrected chi connectivity index (χ0v) is 10.5. The number of thiocarbonyl (C=S) groups is 1. The first kappa shape index (κ1) is 12.6. The fraction of sp³-hybridized carbons (Fsp3) is 0.333. The fourth-order valence-corrected chi connectivity index (χ4v) is 1.41. The number of amides is 1. The largest absolute Gasteiger partial charge is 0.393 e. The molecular formula is C12H16N2OS. The van der Waals surface area contributed by atoms with Crippen LogP contribution in [0.2, 0.25) is 0 Å². The van der Waals surface area contributed by atoms with Gasteiger partial charge in [0.2, 0.25) is 5.91 Å². The number of benzene rings is 1. The maximum absolute atomic E-state index is 11.9. The van der Waals surface area contributed by atoms with E-state index in [0.717, 1.165) is 11.3 Å². The minimum atomic E-state index is -0.429. The van der Waals surface area contributed by atoms with Crippen LogP contribution >= 0.6 is 12.2 Å². The lowest BCUT2D eigenvalue weighted by molar-refractivity contribution is -0.119. The maximum atomic E-state index is 11.9. The molecule has 86 valence electrons. The van der Waals surface area contributed by atoms with Crippen molar-refractivity contribution < 1.29 is 4.79 Å². The highest BCUT2D eigenvalue weighted by Crippen LogP contribution is 2.15. The van der Waals surface area contributed by atoms with Gasteiger partial charge in [0.05, 0.1) is 10.9 Å². The second kappa shape index (κ2) is 5.07. The number of carbonyl (C=O) groups excluding carboxylic acids is 1. The summed E-state index contributed by atoms with van der Waals surface area (Å²) in [6.07, 6.45) is 0. The summed E-state index contributed by atoms with van der Waals surface area (Å²) in [5.41, 5.74) is 7.47. The van der Waals surface area contributed by atoms with E-state index in [-0.39, 0.29) is 10.9 Å². The van der Waals surface area contributed by atoms with Crippen molar-refractivity contribution in [2.24, 2.45) is 11.7 Å². The Balaban J connectivity index is 2.85. The summed E-state index contributed by atoms with van der Waals surface area (Å²) in [6.45, 7) is 3.72. The molecule has 2 N–H and O–H groups in total. The van der Waals surface area contributed by atoms with Crippen LogP contribution in [0.4, 0.5) is 5.69 Å². The van der Waals surface area contributed by atoms with Crippen molar-refractivity contribution in [3.05, 3.63) is 29.8 Å². The van der Waals surface area contributed by atoms with Gasteiger partial charge in [0, 0.05) is 12.7 Å². The normalized spacial score (nSPS) is 11.9. The van der Waals surface area contributed by atoms with Gasteiger partial charge in [-0.05, 0) is 26.0 Å². The fourth-order valence-electron chi connectivity index (χ4n) is 1.31. The van der Waals surface area contributed by atoms with E-state index in [1.54, 1.807) is 18.9 Å². The molecule has 16 heavy (non-hydrogen) atoms. The number of aryl methyl sites for hydroxylation is 1. The van der Waals surface area contributed by atoms with E-state index in [4.69, 9.17) is 18.0 Å². The molecule has 1 rings (SSSR count). The summed E-state index contributed by atoms with van der Waals surface area (Å²) >= 11 is 4.81. The quantitative estimate of drug-likeness (QED) is 0.815. The Kier molecular flexibility index (Phi) is 4.01. The molecule has 0 bridgehead atoms. The Hall–Kier alpha value is -1.42. The third-order valence-corrected chi connectivity index (χ3v) is 2.90. The average Bonchev–Trinajstić information content (AvgIpc) is 2.27. The molecule has 1 aromatic carbocycles. The van der Waals surface area contributed by atoms with Crippen molar-refractivity contribution in [3.8, 4) is 0 Å². The lowest BCUT2D eigenvalue weighted by Gasteiger charge is -2.21. The lowest BCUT2D eigenvalue weighted by Crippen LogP contribution is -2.37. The SMILES string of the molecule is Cc1ccc(N(C)C(=O)C(C)C(N)=S)cc1. The summed E-state index contributed by atoms with van der Waals surface area (Å²) < 4.78 is 0. The van der Waals surface area contributed by atoms with E-state index in [1.807, 2.05) is 31.2 Å². The van der Waals surface area contributed by atoms with E-state index in [9.17, 15) is 4.79 Å². The molecule has 1 aromatic rings. The second-order valence-electron chi connectivity index (χ2n) is 3.86. The lowest BCUT2D eigenvalue weighted by atomic mass is 10.1. The van der Waals surface area contributed by atoms with Gasteiger partial charge in [0.1, 0.15) is 0 Å². The molecule has 4 heteroatoms. The molecule has 1 amide bonds. The van der Waals surface area contributed by atoms with Crippen LogP contribution in [-0.2, 0) is 4.79 Å². The minimum Gasteiger partial charge on any atom is -0.393 e. The summed E-state index contributed by atoms with van der Waals surface area (Å²) in [6, 6.07) is 7.73. The number of nitrogens with zero attached hydrogens (tertiary/aromatic N) is 1. The summed E-state index contributed by atoms with van der Waals surface area (Å²) in [4.78, 5) is 13.7. The number of hydrogen-bond donors (Lipinski definition) is 1.